The summed E-state index contributed by atoms with van der Waals surface area (Å²) in [6, 6.07) is 0. The third-order valence-electron chi connectivity index (χ3n) is 2.35. The van der Waals surface area contributed by atoms with E-state index in [1.165, 1.54) is 22.2 Å². The average Bonchev–Trinajstić information content (AvgIpc) is 2.95. The van der Waals surface area contributed by atoms with E-state index >= 15 is 0 Å². The van der Waals surface area contributed by atoms with E-state index in [1.807, 2.05) is 20.8 Å². The minimum absolute atomic E-state index is 0.411. The summed E-state index contributed by atoms with van der Waals surface area (Å²) in [5, 5.41) is 6.18. The monoisotopic (exact) mass is 314 g/mol. The maximum absolute atomic E-state index is 12.9. The molecule has 5 nitrogen and oxygen atoms in total. The van der Waals surface area contributed by atoms with E-state index in [0.717, 1.165) is 6.20 Å². The first kappa shape index (κ1) is 15.1. The summed E-state index contributed by atoms with van der Waals surface area (Å²) in [6.07, 6.45) is 2.37. The van der Waals surface area contributed by atoms with Crippen molar-refractivity contribution in [2.24, 2.45) is 4.40 Å². The third kappa shape index (κ3) is 3.44. The summed E-state index contributed by atoms with van der Waals surface area (Å²) in [7, 11) is 0. The Labute approximate surface area is 123 Å². The van der Waals surface area contributed by atoms with Gasteiger partial charge in [0.1, 0.15) is 27.5 Å². The molecule has 0 saturated heterocycles. The molecule has 2 aromatic heterocycles. The summed E-state index contributed by atoms with van der Waals surface area (Å²) in [5.41, 5.74) is 1.21. The first-order valence-corrected chi connectivity index (χ1v) is 7.90. The van der Waals surface area contributed by atoms with Crippen molar-refractivity contribution in [1.82, 2.24) is 14.8 Å². The summed E-state index contributed by atoms with van der Waals surface area (Å²) >= 11 is -0.00707. The quantitative estimate of drug-likeness (QED) is 0.646. The molecule has 0 aliphatic heterocycles. The van der Waals surface area contributed by atoms with Crippen LogP contribution in [0.3, 0.4) is 0 Å². The Morgan fingerprint density at radius 2 is 2.20 bits per heavy atom. The van der Waals surface area contributed by atoms with Crippen molar-refractivity contribution >= 4 is 28.4 Å². The van der Waals surface area contributed by atoms with Crippen molar-refractivity contribution in [3.8, 4) is 5.13 Å². The first-order chi connectivity index (χ1) is 9.27. The Kier molecular flexibility index (Phi) is 4.26. The van der Waals surface area contributed by atoms with Gasteiger partial charge < -0.3 is 4.55 Å². The maximum Gasteiger partial charge on any atom is 0.210 e. The fourth-order valence-corrected chi connectivity index (χ4v) is 2.66. The van der Waals surface area contributed by atoms with Crippen LogP contribution < -0.4 is 0 Å². The first-order valence-electron chi connectivity index (χ1n) is 5.91. The zero-order valence-corrected chi connectivity index (χ0v) is 13.3. The molecule has 0 N–H and O–H groups in total. The molecule has 2 heterocycles. The van der Waals surface area contributed by atoms with E-state index in [0.29, 0.717) is 16.5 Å². The molecular weight excluding hydrogens is 299 g/mol. The highest BCUT2D eigenvalue weighted by molar-refractivity contribution is 7.91. The van der Waals surface area contributed by atoms with Gasteiger partial charge in [-0.25, -0.2) is 14.1 Å². The second-order valence-electron chi connectivity index (χ2n) is 5.16. The maximum atomic E-state index is 12.9. The van der Waals surface area contributed by atoms with Gasteiger partial charge in [-0.1, -0.05) is 4.40 Å². The minimum Gasteiger partial charge on any atom is -0.591 e. The van der Waals surface area contributed by atoms with Crippen LogP contribution in [0.1, 0.15) is 33.4 Å². The van der Waals surface area contributed by atoms with Crippen LogP contribution in [0.2, 0.25) is 0 Å². The fourth-order valence-electron chi connectivity index (χ4n) is 1.25. The number of thiazole rings is 1. The molecule has 0 radical (unpaired) electrons. The van der Waals surface area contributed by atoms with Crippen LogP contribution in [0.5, 0.6) is 0 Å². The summed E-state index contributed by atoms with van der Waals surface area (Å²) in [4.78, 5) is 4.32. The molecule has 0 saturated carbocycles. The largest absolute Gasteiger partial charge is 0.591 e. The predicted octanol–water partition coefficient (Wildman–Crippen LogP) is 2.74. The smallest absolute Gasteiger partial charge is 0.210 e. The molecule has 1 atom stereocenters. The van der Waals surface area contributed by atoms with E-state index in [-0.39, 0.29) is 0 Å². The van der Waals surface area contributed by atoms with Crippen LogP contribution in [-0.4, -0.2) is 29.8 Å². The van der Waals surface area contributed by atoms with Gasteiger partial charge in [0.2, 0.25) is 5.13 Å². The van der Waals surface area contributed by atoms with E-state index < -0.39 is 21.9 Å². The van der Waals surface area contributed by atoms with Crippen LogP contribution in [0, 0.1) is 5.82 Å². The zero-order valence-electron chi connectivity index (χ0n) is 11.6. The Hall–Kier alpha value is -1.25. The van der Waals surface area contributed by atoms with E-state index in [9.17, 15) is 8.94 Å². The highest BCUT2D eigenvalue weighted by Crippen LogP contribution is 2.20. The van der Waals surface area contributed by atoms with Crippen LogP contribution in [0.4, 0.5) is 4.39 Å². The number of aromatic nitrogens is 3. The lowest BCUT2D eigenvalue weighted by Gasteiger charge is -2.18. The number of rotatable bonds is 3. The molecule has 0 aliphatic carbocycles. The second-order valence-corrected chi connectivity index (χ2v) is 7.90. The van der Waals surface area contributed by atoms with Crippen molar-refractivity contribution in [3.63, 3.8) is 0 Å². The lowest BCUT2D eigenvalue weighted by atomic mass is 10.3. The second kappa shape index (κ2) is 5.63. The van der Waals surface area contributed by atoms with E-state index in [1.54, 1.807) is 12.3 Å². The Bertz CT molecular complexity index is 629. The number of hydrogen-bond acceptors (Lipinski definition) is 5. The number of hydrogen-bond donors (Lipinski definition) is 0. The molecule has 0 aliphatic rings. The van der Waals surface area contributed by atoms with Gasteiger partial charge in [0.05, 0.1) is 12.4 Å². The standard InChI is InChI=1S/C12H15FN4OS2/c1-8(16-20(18)12(2,3)4)10-7-19-11(15-10)17-6-9(13)5-14-17/h5-7H,1-4H3. The van der Waals surface area contributed by atoms with Gasteiger partial charge in [-0.15, -0.1) is 11.3 Å². The molecule has 2 aromatic rings. The van der Waals surface area contributed by atoms with Crippen molar-refractivity contribution in [2.75, 3.05) is 0 Å². The van der Waals surface area contributed by atoms with E-state index in [2.05, 4.69) is 14.5 Å². The molecule has 1 unspecified atom stereocenters. The normalized spacial score (nSPS) is 14.6. The summed E-state index contributed by atoms with van der Waals surface area (Å²) < 4.78 is 30.0. The van der Waals surface area contributed by atoms with Gasteiger partial charge in [0.15, 0.2) is 5.82 Å². The van der Waals surface area contributed by atoms with Gasteiger partial charge in [0, 0.05) is 5.38 Å². The Balaban J connectivity index is 2.22. The highest BCUT2D eigenvalue weighted by Gasteiger charge is 2.27. The van der Waals surface area contributed by atoms with Crippen LogP contribution >= 0.6 is 11.3 Å². The topological polar surface area (TPSA) is 66.1 Å². The molecule has 20 heavy (non-hydrogen) atoms. The molecule has 0 bridgehead atoms. The van der Waals surface area contributed by atoms with Crippen molar-refractivity contribution in [1.29, 1.82) is 0 Å². The molecule has 2 rings (SSSR count). The lowest BCUT2D eigenvalue weighted by Crippen LogP contribution is -2.26. The molecular formula is C12H15FN4OS2. The average molecular weight is 314 g/mol. The number of nitrogens with zero attached hydrogens (tertiary/aromatic N) is 4. The summed E-state index contributed by atoms with van der Waals surface area (Å²) in [5.74, 6) is -0.416. The molecule has 108 valence electrons. The molecule has 0 fully saturated rings. The Morgan fingerprint density at radius 3 is 2.75 bits per heavy atom. The Morgan fingerprint density at radius 1 is 1.50 bits per heavy atom. The zero-order chi connectivity index (χ0) is 14.9. The van der Waals surface area contributed by atoms with Gasteiger partial charge in [-0.3, -0.25) is 0 Å². The predicted molar refractivity (Wildman–Crippen MR) is 79.3 cm³/mol. The minimum atomic E-state index is -1.33. The summed E-state index contributed by atoms with van der Waals surface area (Å²) in [6.45, 7) is 7.34. The lowest BCUT2D eigenvalue weighted by molar-refractivity contribution is 0.561. The number of halogens is 1. The van der Waals surface area contributed by atoms with Gasteiger partial charge in [-0.2, -0.15) is 5.10 Å². The van der Waals surface area contributed by atoms with Crippen molar-refractivity contribution in [3.05, 3.63) is 29.3 Å². The fraction of sp³-hybridized carbons (Fsp3) is 0.417. The third-order valence-corrected chi connectivity index (χ3v) is 4.67. The van der Waals surface area contributed by atoms with E-state index in [4.69, 9.17) is 0 Å². The van der Waals surface area contributed by atoms with Gasteiger partial charge in [0.25, 0.3) is 0 Å². The molecule has 0 spiro atoms. The van der Waals surface area contributed by atoms with Crippen molar-refractivity contribution in [2.45, 2.75) is 32.4 Å². The molecule has 0 amide bonds. The van der Waals surface area contributed by atoms with Crippen LogP contribution in [0.25, 0.3) is 5.13 Å². The van der Waals surface area contributed by atoms with Crippen molar-refractivity contribution < 1.29 is 8.94 Å². The molecule has 0 aromatic carbocycles. The van der Waals surface area contributed by atoms with Gasteiger partial charge >= 0.3 is 0 Å². The molecule has 8 heteroatoms. The highest BCUT2D eigenvalue weighted by atomic mass is 32.2. The van der Waals surface area contributed by atoms with Crippen LogP contribution in [0.15, 0.2) is 22.2 Å². The SMILES string of the molecule is CC(=N[S+]([O-])C(C)(C)C)c1csc(-n2cc(F)cn2)n1. The van der Waals surface area contributed by atoms with Crippen LogP contribution in [-0.2, 0) is 11.4 Å². The van der Waals surface area contributed by atoms with Gasteiger partial charge in [-0.05, 0) is 27.7 Å².